The van der Waals surface area contributed by atoms with E-state index in [-0.39, 0.29) is 11.4 Å². The Morgan fingerprint density at radius 3 is 3.05 bits per heavy atom. The lowest BCUT2D eigenvalue weighted by Gasteiger charge is -2.05. The lowest BCUT2D eigenvalue weighted by molar-refractivity contribution is 0.0691. The molecule has 0 spiro atoms. The van der Waals surface area contributed by atoms with Crippen LogP contribution < -0.4 is 16.6 Å². The third kappa shape index (κ3) is 3.07. The first-order valence-corrected chi connectivity index (χ1v) is 6.20. The van der Waals surface area contributed by atoms with E-state index in [2.05, 4.69) is 20.3 Å². The van der Waals surface area contributed by atoms with Crippen molar-refractivity contribution in [1.82, 2.24) is 15.0 Å². The molecule has 0 atom stereocenters. The van der Waals surface area contributed by atoms with Crippen LogP contribution in [0.15, 0.2) is 16.5 Å². The molecule has 0 saturated carbocycles. The number of carboxylic acids is 1. The number of nitrogens with one attached hydrogen (secondary N) is 2. The summed E-state index contributed by atoms with van der Waals surface area (Å²) in [7, 11) is 0. The second-order valence-corrected chi connectivity index (χ2v) is 4.55. The fraction of sp³-hybridized carbons (Fsp3) is 0.200. The molecule has 2 aromatic heterocycles. The Bertz CT molecular complexity index is 651. The average Bonchev–Trinajstić information content (AvgIpc) is 2.83. The molecule has 0 aromatic carbocycles. The van der Waals surface area contributed by atoms with Gasteiger partial charge in [0.05, 0.1) is 11.3 Å². The van der Waals surface area contributed by atoms with Gasteiger partial charge in [-0.25, -0.2) is 14.8 Å². The van der Waals surface area contributed by atoms with Crippen molar-refractivity contribution in [2.75, 3.05) is 17.6 Å². The molecule has 2 heterocycles. The first kappa shape index (κ1) is 13.0. The summed E-state index contributed by atoms with van der Waals surface area (Å²) in [5.41, 5.74) is 5.20. The van der Waals surface area contributed by atoms with Crippen LogP contribution in [0, 0.1) is 0 Å². The monoisotopic (exact) mass is 281 g/mol. The van der Waals surface area contributed by atoms with E-state index in [4.69, 9.17) is 10.8 Å². The summed E-state index contributed by atoms with van der Waals surface area (Å²) in [6, 6.07) is 0. The summed E-state index contributed by atoms with van der Waals surface area (Å²) in [4.78, 5) is 32.1. The minimum absolute atomic E-state index is 0.0212. The number of anilines is 2. The van der Waals surface area contributed by atoms with Crippen molar-refractivity contribution >= 4 is 28.8 Å². The average molecular weight is 281 g/mol. The summed E-state index contributed by atoms with van der Waals surface area (Å²) in [6.07, 6.45) is 1.78. The predicted molar refractivity (Wildman–Crippen MR) is 70.5 cm³/mol. The molecule has 0 fully saturated rings. The van der Waals surface area contributed by atoms with Crippen molar-refractivity contribution in [3.8, 4) is 0 Å². The van der Waals surface area contributed by atoms with Gasteiger partial charge in [0, 0.05) is 18.3 Å². The second-order valence-electron chi connectivity index (χ2n) is 3.60. The maximum Gasteiger partial charge on any atom is 0.355 e. The van der Waals surface area contributed by atoms with Gasteiger partial charge in [-0.1, -0.05) is 0 Å². The van der Waals surface area contributed by atoms with Crippen molar-refractivity contribution in [2.24, 2.45) is 0 Å². The van der Waals surface area contributed by atoms with Crippen LogP contribution in [0.4, 0.5) is 11.5 Å². The zero-order valence-corrected chi connectivity index (χ0v) is 10.5. The van der Waals surface area contributed by atoms with Gasteiger partial charge in [0.15, 0.2) is 11.5 Å². The van der Waals surface area contributed by atoms with Crippen LogP contribution in [-0.4, -0.2) is 32.6 Å². The first-order chi connectivity index (χ1) is 9.08. The number of H-pyrrole nitrogens is 1. The lowest BCUT2D eigenvalue weighted by atomic mass is 10.4. The molecule has 9 heteroatoms. The lowest BCUT2D eigenvalue weighted by Crippen LogP contribution is -2.17. The molecule has 8 nitrogen and oxygen atoms in total. The minimum Gasteiger partial charge on any atom is -0.476 e. The van der Waals surface area contributed by atoms with Crippen LogP contribution in [0.1, 0.15) is 15.5 Å². The van der Waals surface area contributed by atoms with Gasteiger partial charge in [0.1, 0.15) is 5.69 Å². The zero-order chi connectivity index (χ0) is 13.8. The highest BCUT2D eigenvalue weighted by atomic mass is 32.1. The molecule has 0 bridgehead atoms. The van der Waals surface area contributed by atoms with Crippen LogP contribution in [0.2, 0.25) is 0 Å². The van der Waals surface area contributed by atoms with E-state index < -0.39 is 11.5 Å². The van der Waals surface area contributed by atoms with Gasteiger partial charge in [-0.3, -0.25) is 4.79 Å². The highest BCUT2D eigenvalue weighted by molar-refractivity contribution is 7.09. The number of nitrogen functional groups attached to an aromatic ring is 1. The smallest absolute Gasteiger partial charge is 0.355 e. The van der Waals surface area contributed by atoms with Crippen molar-refractivity contribution in [1.29, 1.82) is 0 Å². The number of aromatic amines is 1. The molecular weight excluding hydrogens is 270 g/mol. The minimum atomic E-state index is -1.05. The highest BCUT2D eigenvalue weighted by Crippen LogP contribution is 2.12. The number of nitrogens with zero attached hydrogens (tertiary/aromatic N) is 2. The highest BCUT2D eigenvalue weighted by Gasteiger charge is 2.09. The quantitative estimate of drug-likeness (QED) is 0.613. The fourth-order valence-electron chi connectivity index (χ4n) is 1.36. The van der Waals surface area contributed by atoms with Gasteiger partial charge >= 0.3 is 5.97 Å². The van der Waals surface area contributed by atoms with Crippen LogP contribution in [0.25, 0.3) is 0 Å². The third-order valence-electron chi connectivity index (χ3n) is 2.29. The summed E-state index contributed by atoms with van der Waals surface area (Å²) < 4.78 is 0. The Morgan fingerprint density at radius 1 is 1.58 bits per heavy atom. The number of rotatable bonds is 5. The van der Waals surface area contributed by atoms with E-state index in [0.29, 0.717) is 23.8 Å². The number of hydrogen-bond acceptors (Lipinski definition) is 7. The van der Waals surface area contributed by atoms with E-state index >= 15 is 0 Å². The van der Waals surface area contributed by atoms with Crippen LogP contribution in [0.5, 0.6) is 0 Å². The Kier molecular flexibility index (Phi) is 3.76. The Labute approximate surface area is 111 Å². The van der Waals surface area contributed by atoms with Gasteiger partial charge in [0.25, 0.3) is 5.56 Å². The van der Waals surface area contributed by atoms with E-state index in [0.717, 1.165) is 0 Å². The number of nitrogens with two attached hydrogens (primary N) is 1. The van der Waals surface area contributed by atoms with Crippen LogP contribution in [-0.2, 0) is 6.42 Å². The fourth-order valence-corrected chi connectivity index (χ4v) is 2.14. The van der Waals surface area contributed by atoms with Gasteiger partial charge in [0.2, 0.25) is 0 Å². The molecular formula is C10H11N5O3S. The topological polar surface area (TPSA) is 134 Å². The van der Waals surface area contributed by atoms with Crippen molar-refractivity contribution in [3.63, 3.8) is 0 Å². The molecule has 0 aliphatic rings. The van der Waals surface area contributed by atoms with E-state index in [1.165, 1.54) is 23.0 Å². The van der Waals surface area contributed by atoms with Crippen molar-refractivity contribution in [3.05, 3.63) is 32.8 Å². The second kappa shape index (κ2) is 5.48. The normalized spacial score (nSPS) is 10.3. The summed E-state index contributed by atoms with van der Waals surface area (Å²) in [6.45, 7) is 0.452. The summed E-state index contributed by atoms with van der Waals surface area (Å²) in [5, 5.41) is 13.8. The molecule has 0 aliphatic heterocycles. The number of carboxylic acid groups (broad SMARTS) is 1. The molecule has 19 heavy (non-hydrogen) atoms. The van der Waals surface area contributed by atoms with Crippen LogP contribution in [0.3, 0.4) is 0 Å². The Morgan fingerprint density at radius 2 is 2.37 bits per heavy atom. The summed E-state index contributed by atoms with van der Waals surface area (Å²) >= 11 is 1.27. The Hall–Kier alpha value is -2.42. The number of aromatic nitrogens is 3. The van der Waals surface area contributed by atoms with Crippen LogP contribution >= 0.6 is 11.3 Å². The molecule has 2 rings (SSSR count). The molecule has 100 valence electrons. The maximum atomic E-state index is 11.2. The van der Waals surface area contributed by atoms with Gasteiger partial charge in [-0.05, 0) is 0 Å². The number of thiazole rings is 1. The molecule has 0 unspecified atom stereocenters. The first-order valence-electron chi connectivity index (χ1n) is 5.32. The largest absolute Gasteiger partial charge is 0.476 e. The van der Waals surface area contributed by atoms with Gasteiger partial charge in [-0.2, -0.15) is 0 Å². The molecule has 0 radical (unpaired) electrons. The maximum absolute atomic E-state index is 11.2. The number of carbonyl (C=O) groups is 1. The van der Waals surface area contributed by atoms with E-state index in [1.807, 2.05) is 0 Å². The predicted octanol–water partition coefficient (Wildman–Crippen LogP) is 0.161. The standard InChI is InChI=1S/C10H11N5O3S/c11-7-8(13-4-14-9(7)16)12-2-1-6-15-5(3-19-6)10(17)18/h3-4H,1-2,11H2,(H,17,18)(H2,12,13,14,16). The molecule has 5 N–H and O–H groups in total. The molecule has 0 amide bonds. The number of aromatic carboxylic acids is 1. The molecule has 0 saturated heterocycles. The van der Waals surface area contributed by atoms with Gasteiger partial charge in [-0.15, -0.1) is 11.3 Å². The van der Waals surface area contributed by atoms with Crippen molar-refractivity contribution in [2.45, 2.75) is 6.42 Å². The third-order valence-corrected chi connectivity index (χ3v) is 3.20. The SMILES string of the molecule is Nc1c(NCCc2nc(C(=O)O)cs2)nc[nH]c1=O. The summed E-state index contributed by atoms with van der Waals surface area (Å²) in [5.74, 6) is -0.741. The van der Waals surface area contributed by atoms with E-state index in [1.54, 1.807) is 0 Å². The zero-order valence-electron chi connectivity index (χ0n) is 9.71. The molecule has 2 aromatic rings. The van der Waals surface area contributed by atoms with E-state index in [9.17, 15) is 9.59 Å². The van der Waals surface area contributed by atoms with Gasteiger partial charge < -0.3 is 21.1 Å². The number of hydrogen-bond donors (Lipinski definition) is 4. The Balaban J connectivity index is 1.94. The molecule has 0 aliphatic carbocycles. The van der Waals surface area contributed by atoms with Crippen molar-refractivity contribution < 1.29 is 9.90 Å².